The fourth-order valence-electron chi connectivity index (χ4n) is 2.77. The van der Waals surface area contributed by atoms with E-state index in [0.29, 0.717) is 0 Å². The van der Waals surface area contributed by atoms with Crippen molar-refractivity contribution in [1.29, 1.82) is 0 Å². The van der Waals surface area contributed by atoms with E-state index in [1.54, 1.807) is 0 Å². The van der Waals surface area contributed by atoms with E-state index < -0.39 is 8.32 Å². The molecule has 0 amide bonds. The largest absolute Gasteiger partial charge is 0.547 e. The van der Waals surface area contributed by atoms with E-state index in [9.17, 15) is 0 Å². The van der Waals surface area contributed by atoms with Crippen LogP contribution in [-0.2, 0) is 16.3 Å². The zero-order chi connectivity index (χ0) is 16.9. The normalized spacial score (nSPS) is 14.1. The first-order valence-electron chi connectivity index (χ1n) is 8.29. The van der Waals surface area contributed by atoms with Crippen molar-refractivity contribution in [3.8, 4) is 0 Å². The van der Waals surface area contributed by atoms with Crippen molar-refractivity contribution in [3.05, 3.63) is 84.1 Å². The summed E-state index contributed by atoms with van der Waals surface area (Å²) >= 11 is 0. The molecule has 0 spiro atoms. The molecule has 0 aliphatic rings. The van der Waals surface area contributed by atoms with Gasteiger partial charge in [-0.1, -0.05) is 67.2 Å². The highest BCUT2D eigenvalue weighted by Gasteiger charge is 2.33. The Hall–Kier alpha value is -1.80. The molecular formula is C21H28OSi. The predicted octanol–water partition coefficient (Wildman–Crippen LogP) is 5.94. The Morgan fingerprint density at radius 1 is 0.957 bits per heavy atom. The van der Waals surface area contributed by atoms with Gasteiger partial charge in [0.15, 0.2) is 0 Å². The Morgan fingerprint density at radius 2 is 1.48 bits per heavy atom. The van der Waals surface area contributed by atoms with Crippen LogP contribution in [0.5, 0.6) is 0 Å². The summed E-state index contributed by atoms with van der Waals surface area (Å²) in [6.45, 7) is 13.2. The van der Waals surface area contributed by atoms with Crippen LogP contribution in [-0.4, -0.2) is 8.32 Å². The fraction of sp³-hybridized carbons (Fsp3) is 0.333. The third-order valence-electron chi connectivity index (χ3n) is 4.21. The van der Waals surface area contributed by atoms with Crippen molar-refractivity contribution in [2.45, 2.75) is 44.8 Å². The lowest BCUT2D eigenvalue weighted by molar-refractivity contribution is 0.308. The van der Waals surface area contributed by atoms with Gasteiger partial charge < -0.3 is 4.43 Å². The smallest absolute Gasteiger partial charge is 0.241 e. The van der Waals surface area contributed by atoms with E-state index in [0.717, 1.165) is 18.6 Å². The maximum atomic E-state index is 6.29. The SMILES string of the molecule is C=C(O[Si](C)(C)C)C(C)(CCc1ccccc1)c1ccccc1. The number of benzene rings is 2. The first-order chi connectivity index (χ1) is 10.8. The Labute approximate surface area is 142 Å². The van der Waals surface area contributed by atoms with E-state index in [1.807, 2.05) is 0 Å². The summed E-state index contributed by atoms with van der Waals surface area (Å²) in [7, 11) is -1.67. The van der Waals surface area contributed by atoms with Crippen LogP contribution in [0.25, 0.3) is 0 Å². The second kappa shape index (κ2) is 7.18. The van der Waals surface area contributed by atoms with E-state index in [4.69, 9.17) is 4.43 Å². The molecule has 0 aliphatic carbocycles. The zero-order valence-corrected chi connectivity index (χ0v) is 15.8. The van der Waals surface area contributed by atoms with Crippen LogP contribution in [0.1, 0.15) is 24.5 Å². The summed E-state index contributed by atoms with van der Waals surface area (Å²) in [5, 5.41) is 0. The molecule has 2 rings (SSSR count). The van der Waals surface area contributed by atoms with Crippen molar-refractivity contribution in [1.82, 2.24) is 0 Å². The number of hydrogen-bond acceptors (Lipinski definition) is 1. The van der Waals surface area contributed by atoms with Gasteiger partial charge in [-0.25, -0.2) is 0 Å². The Bertz CT molecular complexity index is 628. The van der Waals surface area contributed by atoms with Crippen LogP contribution in [0.3, 0.4) is 0 Å². The van der Waals surface area contributed by atoms with Gasteiger partial charge in [-0.05, 0) is 50.5 Å². The first kappa shape index (κ1) is 17.5. The number of allylic oxidation sites excluding steroid dienone is 1. The first-order valence-corrected chi connectivity index (χ1v) is 11.7. The maximum Gasteiger partial charge on any atom is 0.241 e. The molecule has 0 heterocycles. The minimum Gasteiger partial charge on any atom is -0.547 e. The molecule has 1 nitrogen and oxygen atoms in total. The van der Waals surface area contributed by atoms with Crippen molar-refractivity contribution < 1.29 is 4.43 Å². The van der Waals surface area contributed by atoms with E-state index in [1.165, 1.54) is 11.1 Å². The van der Waals surface area contributed by atoms with Crippen LogP contribution >= 0.6 is 0 Å². The van der Waals surface area contributed by atoms with Gasteiger partial charge in [0.25, 0.3) is 0 Å². The summed E-state index contributed by atoms with van der Waals surface area (Å²) in [6.07, 6.45) is 2.00. The van der Waals surface area contributed by atoms with Gasteiger partial charge in [0.05, 0.1) is 5.76 Å². The highest BCUT2D eigenvalue weighted by atomic mass is 28.4. The number of rotatable bonds is 7. The highest BCUT2D eigenvalue weighted by molar-refractivity contribution is 6.70. The Kier molecular flexibility index (Phi) is 5.48. The van der Waals surface area contributed by atoms with Gasteiger partial charge in [-0.15, -0.1) is 0 Å². The zero-order valence-electron chi connectivity index (χ0n) is 14.8. The molecule has 0 fully saturated rings. The molecule has 0 aromatic heterocycles. The quantitative estimate of drug-likeness (QED) is 0.452. The van der Waals surface area contributed by atoms with Crippen LogP contribution in [0, 0.1) is 0 Å². The van der Waals surface area contributed by atoms with Crippen LogP contribution in [0.2, 0.25) is 19.6 Å². The molecule has 23 heavy (non-hydrogen) atoms. The average Bonchev–Trinajstić information content (AvgIpc) is 2.53. The van der Waals surface area contributed by atoms with Crippen molar-refractivity contribution in [2.75, 3.05) is 0 Å². The second-order valence-electron chi connectivity index (χ2n) is 7.32. The molecule has 0 radical (unpaired) electrons. The average molecular weight is 325 g/mol. The lowest BCUT2D eigenvalue weighted by Crippen LogP contribution is -2.34. The molecule has 0 aliphatic heterocycles. The lowest BCUT2D eigenvalue weighted by Gasteiger charge is -2.36. The Balaban J connectivity index is 2.26. The van der Waals surface area contributed by atoms with Crippen molar-refractivity contribution in [3.63, 3.8) is 0 Å². The van der Waals surface area contributed by atoms with Gasteiger partial charge in [0.1, 0.15) is 0 Å². The van der Waals surface area contributed by atoms with Gasteiger partial charge in [0.2, 0.25) is 8.32 Å². The summed E-state index contributed by atoms with van der Waals surface area (Å²) in [5.74, 6) is 0.902. The van der Waals surface area contributed by atoms with Crippen LogP contribution < -0.4 is 0 Å². The van der Waals surface area contributed by atoms with Gasteiger partial charge in [0, 0.05) is 5.41 Å². The van der Waals surface area contributed by atoms with E-state index >= 15 is 0 Å². The third-order valence-corrected chi connectivity index (χ3v) is 5.07. The molecule has 122 valence electrons. The molecular weight excluding hydrogens is 296 g/mol. The van der Waals surface area contributed by atoms with Crippen LogP contribution in [0.15, 0.2) is 73.0 Å². The predicted molar refractivity (Wildman–Crippen MR) is 102 cm³/mol. The maximum absolute atomic E-state index is 6.29. The van der Waals surface area contributed by atoms with Gasteiger partial charge in [-0.2, -0.15) is 0 Å². The standard InChI is InChI=1S/C21H28OSi/c1-18(22-23(3,4)5)21(2,20-14-10-7-11-15-20)17-16-19-12-8-6-9-13-19/h6-15H,1,16-17H2,2-5H3. The highest BCUT2D eigenvalue weighted by Crippen LogP contribution is 2.37. The molecule has 0 bridgehead atoms. The Morgan fingerprint density at radius 3 is 2.00 bits per heavy atom. The number of aryl methyl sites for hydroxylation is 1. The molecule has 1 atom stereocenters. The van der Waals surface area contributed by atoms with Crippen molar-refractivity contribution >= 4 is 8.32 Å². The van der Waals surface area contributed by atoms with Gasteiger partial charge >= 0.3 is 0 Å². The minimum atomic E-state index is -1.67. The van der Waals surface area contributed by atoms with E-state index in [-0.39, 0.29) is 5.41 Å². The second-order valence-corrected chi connectivity index (χ2v) is 11.8. The number of hydrogen-bond donors (Lipinski definition) is 0. The molecule has 0 saturated carbocycles. The van der Waals surface area contributed by atoms with Gasteiger partial charge in [-0.3, -0.25) is 0 Å². The molecule has 0 N–H and O–H groups in total. The monoisotopic (exact) mass is 324 g/mol. The molecule has 0 saturated heterocycles. The van der Waals surface area contributed by atoms with E-state index in [2.05, 4.69) is 93.8 Å². The summed E-state index contributed by atoms with van der Waals surface area (Å²) in [5.41, 5.74) is 2.46. The molecule has 2 aromatic rings. The van der Waals surface area contributed by atoms with Crippen LogP contribution in [0.4, 0.5) is 0 Å². The summed E-state index contributed by atoms with van der Waals surface area (Å²) in [4.78, 5) is 0. The third kappa shape index (κ3) is 4.83. The summed E-state index contributed by atoms with van der Waals surface area (Å²) in [6, 6.07) is 21.3. The minimum absolute atomic E-state index is 0.169. The lowest BCUT2D eigenvalue weighted by atomic mass is 9.76. The topological polar surface area (TPSA) is 9.23 Å². The molecule has 2 heteroatoms. The van der Waals surface area contributed by atoms with Crippen molar-refractivity contribution in [2.24, 2.45) is 0 Å². The molecule has 1 unspecified atom stereocenters. The fourth-order valence-corrected chi connectivity index (χ4v) is 3.74. The summed E-state index contributed by atoms with van der Waals surface area (Å²) < 4.78 is 6.29. The molecule has 2 aromatic carbocycles.